The van der Waals surface area contributed by atoms with Crippen LogP contribution in [-0.2, 0) is 9.53 Å². The molecule has 0 unspecified atom stereocenters. The van der Waals surface area contributed by atoms with Gasteiger partial charge in [-0.15, -0.1) is 4.73 Å². The van der Waals surface area contributed by atoms with E-state index in [0.29, 0.717) is 4.73 Å². The first-order chi connectivity index (χ1) is 8.95. The SMILES string of the molecule is C=CCOC(=O)N[C@H](C)C(=O)On1c(O)ccc1O. The van der Waals surface area contributed by atoms with Crippen molar-refractivity contribution in [3.63, 3.8) is 0 Å². The predicted octanol–water partition coefficient (Wildman–Crippen LogP) is 0.155. The molecule has 8 nitrogen and oxygen atoms in total. The Morgan fingerprint density at radius 2 is 2.05 bits per heavy atom. The van der Waals surface area contributed by atoms with Crippen LogP contribution in [-0.4, -0.2) is 39.7 Å². The Hall–Kier alpha value is -2.64. The molecule has 0 saturated heterocycles. The second-order valence-corrected chi connectivity index (χ2v) is 3.51. The van der Waals surface area contributed by atoms with E-state index < -0.39 is 29.9 Å². The smallest absolute Gasteiger partial charge is 0.408 e. The number of aromatic nitrogens is 1. The van der Waals surface area contributed by atoms with Crippen molar-refractivity contribution >= 4 is 12.1 Å². The van der Waals surface area contributed by atoms with Gasteiger partial charge in [0.1, 0.15) is 12.6 Å². The van der Waals surface area contributed by atoms with Crippen molar-refractivity contribution < 1.29 is 29.4 Å². The summed E-state index contributed by atoms with van der Waals surface area (Å²) in [6.45, 7) is 4.72. The molecule has 0 saturated carbocycles. The van der Waals surface area contributed by atoms with E-state index in [1.54, 1.807) is 0 Å². The maximum Gasteiger partial charge on any atom is 0.408 e. The van der Waals surface area contributed by atoms with Crippen LogP contribution in [0.5, 0.6) is 11.8 Å². The molecule has 0 spiro atoms. The minimum Gasteiger partial charge on any atom is -0.492 e. The molecular weight excluding hydrogens is 256 g/mol. The van der Waals surface area contributed by atoms with Crippen molar-refractivity contribution in [3.8, 4) is 11.8 Å². The molecule has 3 N–H and O–H groups in total. The van der Waals surface area contributed by atoms with Crippen LogP contribution in [0.4, 0.5) is 4.79 Å². The van der Waals surface area contributed by atoms with Crippen LogP contribution in [0.2, 0.25) is 0 Å². The zero-order valence-corrected chi connectivity index (χ0v) is 10.2. The minimum atomic E-state index is -1.03. The van der Waals surface area contributed by atoms with E-state index >= 15 is 0 Å². The number of ether oxygens (including phenoxy) is 1. The fourth-order valence-corrected chi connectivity index (χ4v) is 1.08. The summed E-state index contributed by atoms with van der Waals surface area (Å²) in [4.78, 5) is 27.4. The van der Waals surface area contributed by atoms with Crippen molar-refractivity contribution in [2.75, 3.05) is 6.61 Å². The first-order valence-electron chi connectivity index (χ1n) is 5.31. The molecule has 0 fully saturated rings. The molecule has 104 valence electrons. The van der Waals surface area contributed by atoms with Crippen LogP contribution >= 0.6 is 0 Å². The van der Waals surface area contributed by atoms with Crippen molar-refractivity contribution in [1.82, 2.24) is 10.0 Å². The third kappa shape index (κ3) is 3.95. The third-order valence-electron chi connectivity index (χ3n) is 2.00. The fourth-order valence-electron chi connectivity index (χ4n) is 1.08. The van der Waals surface area contributed by atoms with Gasteiger partial charge < -0.3 is 25.1 Å². The van der Waals surface area contributed by atoms with E-state index in [1.807, 2.05) is 0 Å². The zero-order valence-electron chi connectivity index (χ0n) is 10.2. The van der Waals surface area contributed by atoms with E-state index in [1.165, 1.54) is 13.0 Å². The number of carbonyl (C=O) groups is 2. The highest BCUT2D eigenvalue weighted by atomic mass is 16.7. The normalized spacial score (nSPS) is 11.4. The van der Waals surface area contributed by atoms with Gasteiger partial charge in [0, 0.05) is 12.1 Å². The number of aromatic hydroxyl groups is 2. The van der Waals surface area contributed by atoms with Crippen LogP contribution in [0, 0.1) is 0 Å². The summed E-state index contributed by atoms with van der Waals surface area (Å²) < 4.78 is 5.14. The van der Waals surface area contributed by atoms with Crippen LogP contribution in [0.15, 0.2) is 24.8 Å². The molecule has 1 aromatic rings. The van der Waals surface area contributed by atoms with Gasteiger partial charge in [-0.2, -0.15) is 0 Å². The molecule has 19 heavy (non-hydrogen) atoms. The van der Waals surface area contributed by atoms with Crippen molar-refractivity contribution in [1.29, 1.82) is 0 Å². The summed E-state index contributed by atoms with van der Waals surface area (Å²) >= 11 is 0. The van der Waals surface area contributed by atoms with Crippen LogP contribution in [0.3, 0.4) is 0 Å². The summed E-state index contributed by atoms with van der Waals surface area (Å²) in [5.41, 5.74) is 0. The molecule has 0 aliphatic rings. The fraction of sp³-hybridized carbons (Fsp3) is 0.273. The maximum absolute atomic E-state index is 11.6. The number of alkyl carbamates (subject to hydrolysis) is 1. The van der Waals surface area contributed by atoms with Crippen molar-refractivity contribution in [3.05, 3.63) is 24.8 Å². The van der Waals surface area contributed by atoms with E-state index in [2.05, 4.69) is 21.5 Å². The van der Waals surface area contributed by atoms with Crippen LogP contribution in [0.1, 0.15) is 6.92 Å². The molecule has 1 amide bonds. The minimum absolute atomic E-state index is 0.00672. The van der Waals surface area contributed by atoms with Gasteiger partial charge in [-0.05, 0) is 6.92 Å². The zero-order chi connectivity index (χ0) is 14.4. The molecule has 0 aromatic carbocycles. The van der Waals surface area contributed by atoms with Gasteiger partial charge in [-0.25, -0.2) is 9.59 Å². The molecule has 1 atom stereocenters. The summed E-state index contributed by atoms with van der Waals surface area (Å²) in [6.07, 6.45) is 0.559. The Labute approximate surface area is 108 Å². The molecule has 0 radical (unpaired) electrons. The van der Waals surface area contributed by atoms with Gasteiger partial charge in [0.25, 0.3) is 0 Å². The average Bonchev–Trinajstić information content (AvgIpc) is 2.67. The highest BCUT2D eigenvalue weighted by Gasteiger charge is 2.21. The number of nitrogens with one attached hydrogen (secondary N) is 1. The highest BCUT2D eigenvalue weighted by Crippen LogP contribution is 2.18. The van der Waals surface area contributed by atoms with Crippen molar-refractivity contribution in [2.45, 2.75) is 13.0 Å². The average molecular weight is 270 g/mol. The Kier molecular flexibility index (Phi) is 4.81. The number of hydrogen-bond donors (Lipinski definition) is 3. The van der Waals surface area contributed by atoms with Crippen LogP contribution < -0.4 is 10.2 Å². The van der Waals surface area contributed by atoms with Gasteiger partial charge in [0.05, 0.1) is 0 Å². The summed E-state index contributed by atoms with van der Waals surface area (Å²) in [5, 5.41) is 20.7. The van der Waals surface area contributed by atoms with E-state index in [4.69, 9.17) is 0 Å². The van der Waals surface area contributed by atoms with Gasteiger partial charge in [-0.1, -0.05) is 12.7 Å². The molecule has 0 aliphatic carbocycles. The molecule has 1 aromatic heterocycles. The van der Waals surface area contributed by atoms with Gasteiger partial charge >= 0.3 is 12.1 Å². The van der Waals surface area contributed by atoms with Gasteiger partial charge in [0.2, 0.25) is 11.8 Å². The Bertz CT molecular complexity index is 462. The topological polar surface area (TPSA) is 110 Å². The summed E-state index contributed by atoms with van der Waals surface area (Å²) in [5.74, 6) is -1.79. The number of carbonyl (C=O) groups excluding carboxylic acids is 2. The molecular formula is C11H14N2O6. The van der Waals surface area contributed by atoms with Crippen molar-refractivity contribution in [2.24, 2.45) is 0 Å². The van der Waals surface area contributed by atoms with Gasteiger partial charge in [0.15, 0.2) is 0 Å². The Morgan fingerprint density at radius 3 is 2.58 bits per heavy atom. The highest BCUT2D eigenvalue weighted by molar-refractivity contribution is 5.81. The first-order valence-corrected chi connectivity index (χ1v) is 5.31. The number of hydrogen-bond acceptors (Lipinski definition) is 6. The lowest BCUT2D eigenvalue weighted by Crippen LogP contribution is -2.42. The quantitative estimate of drug-likeness (QED) is 0.657. The molecule has 1 heterocycles. The molecule has 0 aliphatic heterocycles. The lowest BCUT2D eigenvalue weighted by Gasteiger charge is -2.13. The number of rotatable bonds is 5. The largest absolute Gasteiger partial charge is 0.492 e. The predicted molar refractivity (Wildman–Crippen MR) is 63.5 cm³/mol. The lowest BCUT2D eigenvalue weighted by molar-refractivity contribution is -0.147. The Balaban J connectivity index is 2.54. The summed E-state index contributed by atoms with van der Waals surface area (Å²) in [7, 11) is 0. The third-order valence-corrected chi connectivity index (χ3v) is 2.00. The van der Waals surface area contributed by atoms with E-state index in [0.717, 1.165) is 12.1 Å². The maximum atomic E-state index is 11.6. The molecule has 8 heteroatoms. The molecule has 1 rings (SSSR count). The monoisotopic (exact) mass is 270 g/mol. The number of amides is 1. The second-order valence-electron chi connectivity index (χ2n) is 3.51. The number of nitrogens with zero attached hydrogens (tertiary/aromatic N) is 1. The second kappa shape index (κ2) is 6.34. The lowest BCUT2D eigenvalue weighted by atomic mass is 10.3. The molecule has 0 bridgehead atoms. The van der Waals surface area contributed by atoms with E-state index in [9.17, 15) is 19.8 Å². The standard InChI is InChI=1S/C11H14N2O6/c1-3-6-18-11(17)12-7(2)10(16)19-13-8(14)4-5-9(13)15/h3-5,7,14-15H,1,6H2,2H3,(H,12,17)/t7-/m1/s1. The Morgan fingerprint density at radius 1 is 1.47 bits per heavy atom. The van der Waals surface area contributed by atoms with E-state index in [-0.39, 0.29) is 6.61 Å². The van der Waals surface area contributed by atoms with Crippen LogP contribution in [0.25, 0.3) is 0 Å². The summed E-state index contributed by atoms with van der Waals surface area (Å²) in [6, 6.07) is 1.25. The first kappa shape index (κ1) is 14.4. The van der Waals surface area contributed by atoms with Gasteiger partial charge in [-0.3, -0.25) is 0 Å².